The summed E-state index contributed by atoms with van der Waals surface area (Å²) in [4.78, 5) is 3.99. The summed E-state index contributed by atoms with van der Waals surface area (Å²) in [5.41, 5.74) is -0.0430. The molecule has 0 aliphatic carbocycles. The van der Waals surface area contributed by atoms with Crippen LogP contribution in [0.3, 0.4) is 0 Å². The molecule has 1 aromatic heterocycles. The second-order valence-electron chi connectivity index (χ2n) is 5.65. The fourth-order valence-corrected chi connectivity index (χ4v) is 3.51. The van der Waals surface area contributed by atoms with Crippen molar-refractivity contribution < 1.29 is 26.3 Å². The molecule has 1 heterocycles. The summed E-state index contributed by atoms with van der Waals surface area (Å²) in [6.07, 6.45) is -4.48. The Morgan fingerprint density at radius 1 is 1.04 bits per heavy atom. The van der Waals surface area contributed by atoms with Crippen LogP contribution in [0.5, 0.6) is 5.75 Å². The molecule has 6 nitrogen and oxygen atoms in total. The van der Waals surface area contributed by atoms with Gasteiger partial charge < -0.3 is 4.74 Å². The van der Waals surface area contributed by atoms with Crippen molar-refractivity contribution in [3.8, 4) is 17.1 Å². The molecule has 0 saturated heterocycles. The number of H-pyrrole nitrogens is 1. The van der Waals surface area contributed by atoms with Gasteiger partial charge in [0, 0.05) is 5.56 Å². The van der Waals surface area contributed by atoms with Crippen LogP contribution < -0.4 is 4.74 Å². The molecule has 3 aromatic rings. The first-order valence-electron chi connectivity index (χ1n) is 7.65. The number of methoxy groups -OCH3 is 1. The molecule has 0 fully saturated rings. The van der Waals surface area contributed by atoms with E-state index in [1.54, 1.807) is 24.3 Å². The molecule has 0 amide bonds. The summed E-state index contributed by atoms with van der Waals surface area (Å²) >= 11 is 0. The maximum Gasteiger partial charge on any atom is 0.416 e. The van der Waals surface area contributed by atoms with Gasteiger partial charge in [-0.1, -0.05) is 12.1 Å². The van der Waals surface area contributed by atoms with E-state index in [-0.39, 0.29) is 16.5 Å². The van der Waals surface area contributed by atoms with Crippen LogP contribution in [0.15, 0.2) is 53.7 Å². The highest BCUT2D eigenvalue weighted by atomic mass is 32.2. The minimum absolute atomic E-state index is 0.184. The molecule has 0 radical (unpaired) electrons. The summed E-state index contributed by atoms with van der Waals surface area (Å²) in [6.45, 7) is 0. The maximum absolute atomic E-state index is 12.6. The molecule has 0 atom stereocenters. The van der Waals surface area contributed by atoms with Crippen molar-refractivity contribution in [2.75, 3.05) is 7.11 Å². The van der Waals surface area contributed by atoms with Crippen LogP contribution in [-0.2, 0) is 21.8 Å². The first kappa shape index (κ1) is 18.9. The van der Waals surface area contributed by atoms with Crippen molar-refractivity contribution in [3.05, 3.63) is 59.7 Å². The number of aromatic amines is 1. The lowest BCUT2D eigenvalue weighted by atomic mass is 10.1. The Labute approximate surface area is 152 Å². The van der Waals surface area contributed by atoms with E-state index < -0.39 is 27.3 Å². The largest absolute Gasteiger partial charge is 0.497 e. The lowest BCUT2D eigenvalue weighted by molar-refractivity contribution is -0.137. The number of nitrogens with one attached hydrogen (secondary N) is 1. The molecule has 0 spiro atoms. The number of sulfone groups is 1. The van der Waals surface area contributed by atoms with Gasteiger partial charge in [0.1, 0.15) is 5.75 Å². The summed E-state index contributed by atoms with van der Waals surface area (Å²) in [5, 5.41) is 5.91. The maximum atomic E-state index is 12.6. The number of benzene rings is 2. The molecule has 2 aromatic carbocycles. The van der Waals surface area contributed by atoms with Crippen LogP contribution in [0.2, 0.25) is 0 Å². The topological polar surface area (TPSA) is 84.9 Å². The molecule has 142 valence electrons. The number of ether oxygens (including phenoxy) is 1. The van der Waals surface area contributed by atoms with Crippen molar-refractivity contribution in [2.24, 2.45) is 0 Å². The van der Waals surface area contributed by atoms with Gasteiger partial charge in [-0.25, -0.2) is 13.5 Å². The van der Waals surface area contributed by atoms with Crippen molar-refractivity contribution in [1.29, 1.82) is 0 Å². The Bertz CT molecular complexity index is 1030. The summed E-state index contributed by atoms with van der Waals surface area (Å²) in [6, 6.07) is 10.6. The van der Waals surface area contributed by atoms with Gasteiger partial charge in [0.25, 0.3) is 0 Å². The monoisotopic (exact) mass is 397 g/mol. The SMILES string of the molecule is COc1ccc(-c2n[nH]c(S(=O)(=O)Cc3ccc(C(F)(F)F)cc3)n2)cc1. The van der Waals surface area contributed by atoms with Crippen molar-refractivity contribution in [1.82, 2.24) is 15.2 Å². The molecule has 0 saturated carbocycles. The highest BCUT2D eigenvalue weighted by molar-refractivity contribution is 7.90. The minimum Gasteiger partial charge on any atom is -0.497 e. The normalized spacial score (nSPS) is 12.1. The van der Waals surface area contributed by atoms with E-state index in [1.165, 1.54) is 7.11 Å². The predicted molar refractivity (Wildman–Crippen MR) is 90.7 cm³/mol. The second-order valence-corrected chi connectivity index (χ2v) is 7.55. The highest BCUT2D eigenvalue weighted by Gasteiger charge is 2.30. The Hall–Kier alpha value is -2.88. The average Bonchev–Trinajstić information content (AvgIpc) is 3.12. The van der Waals surface area contributed by atoms with Gasteiger partial charge in [-0.05, 0) is 42.0 Å². The number of aromatic nitrogens is 3. The predicted octanol–water partition coefficient (Wildman–Crippen LogP) is 3.47. The standard InChI is InChI=1S/C17H14F3N3O3S/c1-26-14-8-4-12(5-9-14)15-21-16(23-22-15)27(24,25)10-11-2-6-13(7-3-11)17(18,19)20/h2-9H,10H2,1H3,(H,21,22,23). The molecule has 1 N–H and O–H groups in total. The van der Waals surface area contributed by atoms with E-state index in [2.05, 4.69) is 15.2 Å². The van der Waals surface area contributed by atoms with E-state index >= 15 is 0 Å². The number of rotatable bonds is 5. The van der Waals surface area contributed by atoms with Gasteiger partial charge in [0.15, 0.2) is 5.82 Å². The van der Waals surface area contributed by atoms with Gasteiger partial charge >= 0.3 is 6.18 Å². The number of alkyl halides is 3. The lowest BCUT2D eigenvalue weighted by Gasteiger charge is -2.07. The lowest BCUT2D eigenvalue weighted by Crippen LogP contribution is -2.08. The van der Waals surface area contributed by atoms with E-state index in [1.807, 2.05) is 0 Å². The smallest absolute Gasteiger partial charge is 0.416 e. The molecule has 0 aliphatic heterocycles. The third-order valence-electron chi connectivity index (χ3n) is 3.75. The van der Waals surface area contributed by atoms with Crippen LogP contribution in [-0.4, -0.2) is 30.7 Å². The van der Waals surface area contributed by atoms with Crippen molar-refractivity contribution >= 4 is 9.84 Å². The molecular formula is C17H14F3N3O3S. The molecule has 27 heavy (non-hydrogen) atoms. The van der Waals surface area contributed by atoms with Gasteiger partial charge in [-0.15, -0.1) is 0 Å². The summed E-state index contributed by atoms with van der Waals surface area (Å²) < 4.78 is 67.7. The van der Waals surface area contributed by atoms with Gasteiger partial charge in [0.2, 0.25) is 15.0 Å². The minimum atomic E-state index is -4.48. The van der Waals surface area contributed by atoms with Crippen LogP contribution >= 0.6 is 0 Å². The zero-order valence-electron chi connectivity index (χ0n) is 14.0. The fraction of sp³-hybridized carbons (Fsp3) is 0.176. The molecule has 0 bridgehead atoms. The average molecular weight is 397 g/mol. The quantitative estimate of drug-likeness (QED) is 0.713. The Balaban J connectivity index is 1.80. The number of hydrogen-bond acceptors (Lipinski definition) is 5. The third kappa shape index (κ3) is 4.27. The van der Waals surface area contributed by atoms with Crippen molar-refractivity contribution in [2.45, 2.75) is 17.1 Å². The Morgan fingerprint density at radius 2 is 1.67 bits per heavy atom. The highest BCUT2D eigenvalue weighted by Crippen LogP contribution is 2.29. The molecule has 10 heteroatoms. The van der Waals surface area contributed by atoms with Gasteiger partial charge in [0.05, 0.1) is 18.4 Å². The number of hydrogen-bond donors (Lipinski definition) is 1. The summed E-state index contributed by atoms with van der Waals surface area (Å²) in [5.74, 6) is 0.315. The zero-order valence-corrected chi connectivity index (χ0v) is 14.8. The Morgan fingerprint density at radius 3 is 2.22 bits per heavy atom. The molecular weight excluding hydrogens is 383 g/mol. The van der Waals surface area contributed by atoms with Crippen LogP contribution in [0, 0.1) is 0 Å². The first-order chi connectivity index (χ1) is 12.7. The summed E-state index contributed by atoms with van der Waals surface area (Å²) in [7, 11) is -2.38. The molecule has 0 unspecified atom stereocenters. The van der Waals surface area contributed by atoms with Crippen LogP contribution in [0.1, 0.15) is 11.1 Å². The van der Waals surface area contributed by atoms with E-state index in [0.29, 0.717) is 11.3 Å². The van der Waals surface area contributed by atoms with Crippen LogP contribution in [0.25, 0.3) is 11.4 Å². The third-order valence-corrected chi connectivity index (χ3v) is 5.23. The van der Waals surface area contributed by atoms with E-state index in [4.69, 9.17) is 4.74 Å². The van der Waals surface area contributed by atoms with Gasteiger partial charge in [-0.2, -0.15) is 23.3 Å². The van der Waals surface area contributed by atoms with Crippen LogP contribution in [0.4, 0.5) is 13.2 Å². The number of halogens is 3. The second kappa shape index (κ2) is 7.03. The zero-order chi connectivity index (χ0) is 19.7. The van der Waals surface area contributed by atoms with Crippen molar-refractivity contribution in [3.63, 3.8) is 0 Å². The molecule has 3 rings (SSSR count). The van der Waals surface area contributed by atoms with Gasteiger partial charge in [-0.3, -0.25) is 0 Å². The van der Waals surface area contributed by atoms with E-state index in [9.17, 15) is 21.6 Å². The Kier molecular flexibility index (Phi) is 4.92. The number of nitrogens with zero attached hydrogens (tertiary/aromatic N) is 2. The van der Waals surface area contributed by atoms with E-state index in [0.717, 1.165) is 24.3 Å². The fourth-order valence-electron chi connectivity index (χ4n) is 2.33. The molecule has 0 aliphatic rings. The first-order valence-corrected chi connectivity index (χ1v) is 9.30.